The molecule has 4 nitrogen and oxygen atoms in total. The minimum absolute atomic E-state index is 0.207. The van der Waals surface area contributed by atoms with E-state index < -0.39 is 0 Å². The highest BCUT2D eigenvalue weighted by Crippen LogP contribution is 2.07. The quantitative estimate of drug-likeness (QED) is 0.351. The first-order chi connectivity index (χ1) is 7.10. The van der Waals surface area contributed by atoms with Crippen molar-refractivity contribution >= 4 is 6.21 Å². The summed E-state index contributed by atoms with van der Waals surface area (Å²) in [4.78, 5) is 0. The highest BCUT2D eigenvalue weighted by atomic mass is 16.7. The minimum Gasteiger partial charge on any atom is -0.353 e. The van der Waals surface area contributed by atoms with Crippen molar-refractivity contribution in [3.63, 3.8) is 0 Å². The van der Waals surface area contributed by atoms with Crippen molar-refractivity contribution in [1.29, 1.82) is 0 Å². The summed E-state index contributed by atoms with van der Waals surface area (Å²) in [7, 11) is 3.73. The molecule has 15 heavy (non-hydrogen) atoms. The first kappa shape index (κ1) is 14.1. The van der Waals surface area contributed by atoms with E-state index >= 15 is 0 Å². The lowest BCUT2D eigenvalue weighted by Gasteiger charge is -2.16. The number of nitrogens with zero attached hydrogens (tertiary/aromatic N) is 2. The second-order valence-electron chi connectivity index (χ2n) is 3.29. The lowest BCUT2D eigenvalue weighted by Crippen LogP contribution is -2.18. The Morgan fingerprint density at radius 2 is 1.87 bits per heavy atom. The maximum absolute atomic E-state index is 5.40. The first-order valence-electron chi connectivity index (χ1n) is 5.22. The SMILES string of the molecule is C=C(C=NN(C)C)CC(OCC)OCC. The van der Waals surface area contributed by atoms with Crippen LogP contribution in [0.2, 0.25) is 0 Å². The molecule has 0 amide bonds. The Labute approximate surface area is 92.6 Å². The van der Waals surface area contributed by atoms with Crippen LogP contribution in [0.25, 0.3) is 0 Å². The molecule has 0 saturated carbocycles. The maximum Gasteiger partial charge on any atom is 0.161 e. The summed E-state index contributed by atoms with van der Waals surface area (Å²) in [6.07, 6.45) is 2.17. The summed E-state index contributed by atoms with van der Waals surface area (Å²) < 4.78 is 10.8. The number of hydrazone groups is 1. The number of hydrogen-bond acceptors (Lipinski definition) is 4. The molecule has 0 aliphatic heterocycles. The van der Waals surface area contributed by atoms with E-state index in [0.717, 1.165) is 5.57 Å². The van der Waals surface area contributed by atoms with Crippen molar-refractivity contribution in [3.05, 3.63) is 12.2 Å². The zero-order valence-corrected chi connectivity index (χ0v) is 10.2. The molecular weight excluding hydrogens is 192 g/mol. The average molecular weight is 214 g/mol. The topological polar surface area (TPSA) is 34.1 Å². The molecule has 0 bridgehead atoms. The van der Waals surface area contributed by atoms with Gasteiger partial charge in [-0.05, 0) is 19.4 Å². The molecule has 0 aliphatic rings. The lowest BCUT2D eigenvalue weighted by atomic mass is 10.2. The van der Waals surface area contributed by atoms with Gasteiger partial charge in [0.25, 0.3) is 0 Å². The average Bonchev–Trinajstić information content (AvgIpc) is 2.15. The van der Waals surface area contributed by atoms with Gasteiger partial charge in [0, 0.05) is 39.9 Å². The van der Waals surface area contributed by atoms with Gasteiger partial charge in [0.05, 0.1) is 0 Å². The van der Waals surface area contributed by atoms with E-state index in [1.165, 1.54) is 0 Å². The zero-order valence-electron chi connectivity index (χ0n) is 10.2. The number of ether oxygens (including phenoxy) is 2. The van der Waals surface area contributed by atoms with Crippen molar-refractivity contribution in [1.82, 2.24) is 5.01 Å². The van der Waals surface area contributed by atoms with Crippen molar-refractivity contribution in [2.45, 2.75) is 26.6 Å². The lowest BCUT2D eigenvalue weighted by molar-refractivity contribution is -0.133. The fourth-order valence-electron chi connectivity index (χ4n) is 1.00. The van der Waals surface area contributed by atoms with Gasteiger partial charge in [-0.25, -0.2) is 0 Å². The van der Waals surface area contributed by atoms with Crippen LogP contribution < -0.4 is 0 Å². The van der Waals surface area contributed by atoms with Crippen LogP contribution in [-0.2, 0) is 9.47 Å². The van der Waals surface area contributed by atoms with Gasteiger partial charge in [0.2, 0.25) is 0 Å². The molecule has 0 spiro atoms. The highest BCUT2D eigenvalue weighted by molar-refractivity contribution is 5.77. The summed E-state index contributed by atoms with van der Waals surface area (Å²) in [6.45, 7) is 9.07. The van der Waals surface area contributed by atoms with Gasteiger partial charge >= 0.3 is 0 Å². The largest absolute Gasteiger partial charge is 0.353 e. The fourth-order valence-corrected chi connectivity index (χ4v) is 1.00. The molecule has 0 aromatic heterocycles. The molecule has 0 saturated heterocycles. The Kier molecular flexibility index (Phi) is 7.95. The van der Waals surface area contributed by atoms with E-state index in [4.69, 9.17) is 9.47 Å². The summed E-state index contributed by atoms with van der Waals surface area (Å²) >= 11 is 0. The van der Waals surface area contributed by atoms with Gasteiger partial charge in [-0.15, -0.1) is 0 Å². The van der Waals surface area contributed by atoms with Crippen molar-refractivity contribution in [2.24, 2.45) is 5.10 Å². The van der Waals surface area contributed by atoms with Gasteiger partial charge < -0.3 is 14.5 Å². The zero-order chi connectivity index (χ0) is 11.7. The van der Waals surface area contributed by atoms with Gasteiger partial charge in [0.1, 0.15) is 0 Å². The van der Waals surface area contributed by atoms with Crippen LogP contribution in [0, 0.1) is 0 Å². The first-order valence-corrected chi connectivity index (χ1v) is 5.22. The number of hydrogen-bond donors (Lipinski definition) is 0. The monoisotopic (exact) mass is 214 g/mol. The summed E-state index contributed by atoms with van der Waals surface area (Å²) in [6, 6.07) is 0. The molecule has 0 aromatic rings. The Morgan fingerprint density at radius 3 is 2.27 bits per heavy atom. The molecule has 0 radical (unpaired) electrons. The standard InChI is InChI=1S/C11H22N2O2/c1-6-14-11(15-7-2)8-10(3)9-12-13(4)5/h9,11H,3,6-8H2,1-2,4-5H3. The summed E-state index contributed by atoms with van der Waals surface area (Å²) in [5, 5.41) is 5.82. The second-order valence-corrected chi connectivity index (χ2v) is 3.29. The predicted molar refractivity (Wildman–Crippen MR) is 63.0 cm³/mol. The van der Waals surface area contributed by atoms with E-state index in [0.29, 0.717) is 19.6 Å². The Hall–Kier alpha value is -0.870. The number of rotatable bonds is 8. The Bertz CT molecular complexity index is 197. The van der Waals surface area contributed by atoms with Crippen molar-refractivity contribution in [2.75, 3.05) is 27.3 Å². The summed E-state index contributed by atoms with van der Waals surface area (Å²) in [5.74, 6) is 0. The maximum atomic E-state index is 5.40. The third-order valence-electron chi connectivity index (χ3n) is 1.61. The molecule has 0 unspecified atom stereocenters. The third kappa shape index (κ3) is 8.15. The molecular formula is C11H22N2O2. The van der Waals surface area contributed by atoms with E-state index in [2.05, 4.69) is 11.7 Å². The van der Waals surface area contributed by atoms with E-state index in [1.54, 1.807) is 11.2 Å². The van der Waals surface area contributed by atoms with Crippen molar-refractivity contribution < 1.29 is 9.47 Å². The molecule has 0 fully saturated rings. The van der Waals surface area contributed by atoms with E-state index in [9.17, 15) is 0 Å². The molecule has 0 heterocycles. The van der Waals surface area contributed by atoms with Crippen LogP contribution in [0.5, 0.6) is 0 Å². The fraction of sp³-hybridized carbons (Fsp3) is 0.727. The van der Waals surface area contributed by atoms with Gasteiger partial charge in [0.15, 0.2) is 6.29 Å². The van der Waals surface area contributed by atoms with E-state index in [-0.39, 0.29) is 6.29 Å². The smallest absolute Gasteiger partial charge is 0.161 e. The van der Waals surface area contributed by atoms with Crippen LogP contribution in [0.15, 0.2) is 17.3 Å². The Morgan fingerprint density at radius 1 is 1.33 bits per heavy atom. The molecule has 0 N–H and O–H groups in total. The van der Waals surface area contributed by atoms with Crippen LogP contribution in [-0.4, -0.2) is 44.8 Å². The predicted octanol–water partition coefficient (Wildman–Crippen LogP) is 1.88. The van der Waals surface area contributed by atoms with Crippen LogP contribution in [0.1, 0.15) is 20.3 Å². The van der Waals surface area contributed by atoms with Gasteiger partial charge in [-0.1, -0.05) is 6.58 Å². The van der Waals surface area contributed by atoms with Crippen LogP contribution in [0.3, 0.4) is 0 Å². The Balaban J connectivity index is 3.98. The molecule has 4 heteroatoms. The van der Waals surface area contributed by atoms with Gasteiger partial charge in [-0.3, -0.25) is 0 Å². The van der Waals surface area contributed by atoms with E-state index in [1.807, 2.05) is 27.9 Å². The molecule has 0 aromatic carbocycles. The molecule has 0 atom stereocenters. The van der Waals surface area contributed by atoms with Crippen molar-refractivity contribution in [3.8, 4) is 0 Å². The summed E-state index contributed by atoms with van der Waals surface area (Å²) in [5.41, 5.74) is 0.899. The molecule has 0 aliphatic carbocycles. The normalized spacial score (nSPS) is 11.3. The highest BCUT2D eigenvalue weighted by Gasteiger charge is 2.08. The van der Waals surface area contributed by atoms with Gasteiger partial charge in [-0.2, -0.15) is 5.10 Å². The van der Waals surface area contributed by atoms with Crippen LogP contribution >= 0.6 is 0 Å². The molecule has 88 valence electrons. The van der Waals surface area contributed by atoms with Crippen LogP contribution in [0.4, 0.5) is 0 Å². The molecule has 0 rings (SSSR count). The third-order valence-corrected chi connectivity index (χ3v) is 1.61. The minimum atomic E-state index is -0.207. The second kappa shape index (κ2) is 8.44.